The molecule has 2 aromatic rings. The van der Waals surface area contributed by atoms with E-state index >= 15 is 0 Å². The first-order valence-corrected chi connectivity index (χ1v) is 6.38. The number of hydrogen-bond donors (Lipinski definition) is 0. The van der Waals surface area contributed by atoms with Crippen LogP contribution in [0.2, 0.25) is 0 Å². The van der Waals surface area contributed by atoms with Crippen LogP contribution in [0.4, 0.5) is 0 Å². The molecule has 0 saturated carbocycles. The second-order valence-electron chi connectivity index (χ2n) is 5.36. The fourth-order valence-corrected chi connectivity index (χ4v) is 3.25. The van der Waals surface area contributed by atoms with E-state index in [0.717, 1.165) is 6.42 Å². The Hall–Kier alpha value is -1.56. The molecular formula is C17H18. The Morgan fingerprint density at radius 1 is 0.882 bits per heavy atom. The average molecular weight is 222 g/mol. The van der Waals surface area contributed by atoms with Gasteiger partial charge in [-0.2, -0.15) is 0 Å². The first kappa shape index (κ1) is 10.6. The van der Waals surface area contributed by atoms with Gasteiger partial charge >= 0.3 is 0 Å². The van der Waals surface area contributed by atoms with Crippen LogP contribution in [0.1, 0.15) is 37.5 Å². The number of rotatable bonds is 1. The van der Waals surface area contributed by atoms with E-state index in [1.165, 1.54) is 27.8 Å². The van der Waals surface area contributed by atoms with Crippen molar-refractivity contribution in [2.75, 3.05) is 0 Å². The Morgan fingerprint density at radius 3 is 2.35 bits per heavy atom. The zero-order valence-electron chi connectivity index (χ0n) is 10.7. The summed E-state index contributed by atoms with van der Waals surface area (Å²) in [4.78, 5) is 0. The zero-order valence-corrected chi connectivity index (χ0v) is 10.7. The average Bonchev–Trinajstić information content (AvgIpc) is 2.60. The van der Waals surface area contributed by atoms with Gasteiger partial charge in [0.1, 0.15) is 0 Å². The highest BCUT2D eigenvalue weighted by molar-refractivity contribution is 5.81. The molecule has 0 nitrogen and oxygen atoms in total. The van der Waals surface area contributed by atoms with Crippen LogP contribution in [0.15, 0.2) is 42.5 Å². The Bertz CT molecular complexity index is 576. The van der Waals surface area contributed by atoms with Crippen LogP contribution < -0.4 is 0 Å². The van der Waals surface area contributed by atoms with Gasteiger partial charge < -0.3 is 0 Å². The molecule has 3 rings (SSSR count). The number of fused-ring (bicyclic) bond motifs is 3. The number of hydrogen-bond acceptors (Lipinski definition) is 0. The zero-order chi connectivity index (χ0) is 12.0. The van der Waals surface area contributed by atoms with Gasteiger partial charge in [0, 0.05) is 5.41 Å². The number of benzene rings is 2. The molecule has 2 aromatic carbocycles. The topological polar surface area (TPSA) is 0 Å². The largest absolute Gasteiger partial charge is 0.0619 e. The summed E-state index contributed by atoms with van der Waals surface area (Å²) in [6.07, 6.45) is 1.11. The molecular weight excluding hydrogens is 204 g/mol. The molecule has 1 aliphatic carbocycles. The second-order valence-corrected chi connectivity index (χ2v) is 5.36. The maximum Gasteiger partial charge on any atom is 0.0161 e. The third kappa shape index (κ3) is 1.30. The van der Waals surface area contributed by atoms with Gasteiger partial charge in [0.15, 0.2) is 0 Å². The molecule has 0 amide bonds. The lowest BCUT2D eigenvalue weighted by molar-refractivity contribution is 0.652. The first-order chi connectivity index (χ1) is 8.16. The van der Waals surface area contributed by atoms with Gasteiger partial charge in [-0.3, -0.25) is 0 Å². The fourth-order valence-electron chi connectivity index (χ4n) is 3.25. The summed E-state index contributed by atoms with van der Waals surface area (Å²) < 4.78 is 0. The minimum atomic E-state index is 0.151. The lowest BCUT2D eigenvalue weighted by Gasteiger charge is -2.23. The molecule has 0 N–H and O–H groups in total. The molecule has 0 fully saturated rings. The second kappa shape index (κ2) is 3.46. The third-order valence-electron chi connectivity index (χ3n) is 4.05. The van der Waals surface area contributed by atoms with E-state index in [4.69, 9.17) is 0 Å². The van der Waals surface area contributed by atoms with Crippen LogP contribution in [0.3, 0.4) is 0 Å². The normalized spacial score (nSPS) is 15.5. The van der Waals surface area contributed by atoms with Crippen LogP contribution in [0.5, 0.6) is 0 Å². The molecule has 17 heavy (non-hydrogen) atoms. The highest BCUT2D eigenvalue weighted by atomic mass is 14.4. The first-order valence-electron chi connectivity index (χ1n) is 6.38. The summed E-state index contributed by atoms with van der Waals surface area (Å²) >= 11 is 0. The molecule has 0 bridgehead atoms. The van der Waals surface area contributed by atoms with E-state index in [0.29, 0.717) is 0 Å². The summed E-state index contributed by atoms with van der Waals surface area (Å²) in [7, 11) is 0. The summed E-state index contributed by atoms with van der Waals surface area (Å²) in [5.74, 6) is 0. The van der Waals surface area contributed by atoms with Crippen LogP contribution >= 0.6 is 0 Å². The predicted octanol–water partition coefficient (Wildman–Crippen LogP) is 4.56. The smallest absolute Gasteiger partial charge is 0.0161 e. The highest BCUT2D eigenvalue weighted by Crippen LogP contribution is 2.49. The van der Waals surface area contributed by atoms with Gasteiger partial charge in [0.2, 0.25) is 0 Å². The lowest BCUT2D eigenvalue weighted by Crippen LogP contribution is -2.17. The van der Waals surface area contributed by atoms with E-state index in [9.17, 15) is 0 Å². The minimum absolute atomic E-state index is 0.151. The van der Waals surface area contributed by atoms with Crippen LogP contribution in [-0.2, 0) is 11.8 Å². The Balaban J connectivity index is 2.39. The maximum absolute atomic E-state index is 2.34. The van der Waals surface area contributed by atoms with Crippen molar-refractivity contribution in [2.24, 2.45) is 0 Å². The Morgan fingerprint density at radius 2 is 1.59 bits per heavy atom. The van der Waals surface area contributed by atoms with E-state index in [-0.39, 0.29) is 5.41 Å². The molecule has 0 radical (unpaired) electrons. The fraction of sp³-hybridized carbons (Fsp3) is 0.294. The molecule has 1 aliphatic rings. The summed E-state index contributed by atoms with van der Waals surface area (Å²) in [6.45, 7) is 6.93. The minimum Gasteiger partial charge on any atom is -0.0619 e. The van der Waals surface area contributed by atoms with Gasteiger partial charge in [0.05, 0.1) is 0 Å². The lowest BCUT2D eigenvalue weighted by atomic mass is 9.80. The van der Waals surface area contributed by atoms with E-state index in [1.807, 2.05) is 0 Å². The van der Waals surface area contributed by atoms with Gasteiger partial charge in [-0.05, 0) is 34.2 Å². The Labute approximate surface area is 103 Å². The van der Waals surface area contributed by atoms with Crippen LogP contribution in [0.25, 0.3) is 11.1 Å². The molecule has 86 valence electrons. The van der Waals surface area contributed by atoms with Crippen molar-refractivity contribution in [1.82, 2.24) is 0 Å². The monoisotopic (exact) mass is 222 g/mol. The maximum atomic E-state index is 2.34. The molecule has 0 aromatic heterocycles. The van der Waals surface area contributed by atoms with Crippen molar-refractivity contribution in [2.45, 2.75) is 32.6 Å². The molecule has 0 unspecified atom stereocenters. The Kier molecular flexibility index (Phi) is 2.16. The SMILES string of the molecule is CCc1cccc2c1C(C)(C)c1ccccc1-2. The summed E-state index contributed by atoms with van der Waals surface area (Å²) in [5.41, 5.74) is 7.49. The van der Waals surface area contributed by atoms with Crippen molar-refractivity contribution in [3.63, 3.8) is 0 Å². The quantitative estimate of drug-likeness (QED) is 0.663. The molecule has 0 spiro atoms. The van der Waals surface area contributed by atoms with E-state index in [1.54, 1.807) is 0 Å². The summed E-state index contributed by atoms with van der Waals surface area (Å²) in [5, 5.41) is 0. The van der Waals surface area contributed by atoms with Crippen molar-refractivity contribution in [1.29, 1.82) is 0 Å². The number of aryl methyl sites for hydroxylation is 1. The molecule has 0 aliphatic heterocycles. The van der Waals surface area contributed by atoms with Gasteiger partial charge in [-0.15, -0.1) is 0 Å². The van der Waals surface area contributed by atoms with Gasteiger partial charge in [-0.25, -0.2) is 0 Å². The van der Waals surface area contributed by atoms with E-state index < -0.39 is 0 Å². The molecule has 0 atom stereocenters. The van der Waals surface area contributed by atoms with Crippen molar-refractivity contribution < 1.29 is 0 Å². The van der Waals surface area contributed by atoms with E-state index in [2.05, 4.69) is 63.2 Å². The van der Waals surface area contributed by atoms with Crippen molar-refractivity contribution >= 4 is 0 Å². The molecule has 0 saturated heterocycles. The van der Waals surface area contributed by atoms with Crippen LogP contribution in [-0.4, -0.2) is 0 Å². The molecule has 0 heteroatoms. The van der Waals surface area contributed by atoms with Crippen molar-refractivity contribution in [3.8, 4) is 11.1 Å². The molecule has 0 heterocycles. The van der Waals surface area contributed by atoms with Crippen LogP contribution in [0, 0.1) is 0 Å². The van der Waals surface area contributed by atoms with Gasteiger partial charge in [-0.1, -0.05) is 63.2 Å². The summed E-state index contributed by atoms with van der Waals surface area (Å²) in [6, 6.07) is 15.5. The third-order valence-corrected chi connectivity index (χ3v) is 4.05. The standard InChI is InChI=1S/C17H18/c1-4-12-8-7-10-14-13-9-5-6-11-15(13)17(2,3)16(12)14/h5-11H,4H2,1-3H3. The van der Waals surface area contributed by atoms with Crippen molar-refractivity contribution in [3.05, 3.63) is 59.2 Å². The van der Waals surface area contributed by atoms with Gasteiger partial charge in [0.25, 0.3) is 0 Å². The highest BCUT2D eigenvalue weighted by Gasteiger charge is 2.36. The predicted molar refractivity (Wildman–Crippen MR) is 73.4 cm³/mol.